The van der Waals surface area contributed by atoms with Crippen molar-refractivity contribution in [3.63, 3.8) is 0 Å². The van der Waals surface area contributed by atoms with Gasteiger partial charge in [0, 0.05) is 51.0 Å². The zero-order chi connectivity index (χ0) is 17.2. The standard InChI is InChI=1S/C18H30N4O2/c1-4-20-10-7-19-16(20)15-5-8-21(9-6-15)17(23)18(2,3)22-11-13-24-14-12-22/h7,10,15H,4-6,8-9,11-14H2,1-3H3. The maximum atomic E-state index is 13.1. The first-order valence-electron chi connectivity index (χ1n) is 9.17. The van der Waals surface area contributed by atoms with Crippen LogP contribution in [0.2, 0.25) is 0 Å². The quantitative estimate of drug-likeness (QED) is 0.841. The molecule has 2 fully saturated rings. The Balaban J connectivity index is 1.60. The third kappa shape index (κ3) is 3.35. The molecule has 6 heteroatoms. The molecule has 0 radical (unpaired) electrons. The topological polar surface area (TPSA) is 50.6 Å². The number of aromatic nitrogens is 2. The van der Waals surface area contributed by atoms with Gasteiger partial charge in [0.2, 0.25) is 5.91 Å². The van der Waals surface area contributed by atoms with Crippen molar-refractivity contribution in [2.75, 3.05) is 39.4 Å². The summed E-state index contributed by atoms with van der Waals surface area (Å²) >= 11 is 0. The van der Waals surface area contributed by atoms with E-state index in [0.29, 0.717) is 5.92 Å². The molecule has 0 bridgehead atoms. The Labute approximate surface area is 144 Å². The largest absolute Gasteiger partial charge is 0.379 e. The molecule has 0 spiro atoms. The number of amides is 1. The molecule has 0 N–H and O–H groups in total. The number of nitrogens with zero attached hydrogens (tertiary/aromatic N) is 4. The maximum absolute atomic E-state index is 13.1. The number of aryl methyl sites for hydroxylation is 1. The number of morpholine rings is 1. The van der Waals surface area contributed by atoms with Gasteiger partial charge in [-0.2, -0.15) is 0 Å². The lowest BCUT2D eigenvalue weighted by molar-refractivity contribution is -0.146. The smallest absolute Gasteiger partial charge is 0.242 e. The first-order chi connectivity index (χ1) is 11.5. The summed E-state index contributed by atoms with van der Waals surface area (Å²) < 4.78 is 7.64. The zero-order valence-electron chi connectivity index (χ0n) is 15.2. The summed E-state index contributed by atoms with van der Waals surface area (Å²) in [5.41, 5.74) is -0.446. The SMILES string of the molecule is CCn1ccnc1C1CCN(C(=O)C(C)(C)N2CCOCC2)CC1. The lowest BCUT2D eigenvalue weighted by atomic mass is 9.93. The molecule has 2 aliphatic rings. The predicted octanol–water partition coefficient (Wildman–Crippen LogP) is 1.72. The Kier molecular flexibility index (Phi) is 5.25. The molecule has 0 aromatic carbocycles. The molecule has 134 valence electrons. The minimum absolute atomic E-state index is 0.252. The zero-order valence-corrected chi connectivity index (χ0v) is 15.2. The Morgan fingerprint density at radius 3 is 2.54 bits per heavy atom. The molecule has 1 amide bonds. The molecule has 0 aliphatic carbocycles. The van der Waals surface area contributed by atoms with Crippen LogP contribution in [0.3, 0.4) is 0 Å². The Morgan fingerprint density at radius 2 is 1.92 bits per heavy atom. The summed E-state index contributed by atoms with van der Waals surface area (Å²) in [6.07, 6.45) is 5.94. The van der Waals surface area contributed by atoms with Crippen LogP contribution >= 0.6 is 0 Å². The number of rotatable bonds is 4. The van der Waals surface area contributed by atoms with Crippen LogP contribution in [0.25, 0.3) is 0 Å². The second-order valence-corrected chi connectivity index (χ2v) is 7.30. The number of likely N-dealkylation sites (tertiary alicyclic amines) is 1. The Morgan fingerprint density at radius 1 is 1.25 bits per heavy atom. The van der Waals surface area contributed by atoms with Gasteiger partial charge < -0.3 is 14.2 Å². The van der Waals surface area contributed by atoms with Crippen molar-refractivity contribution in [2.45, 2.75) is 51.6 Å². The van der Waals surface area contributed by atoms with Crippen molar-refractivity contribution in [3.8, 4) is 0 Å². The Hall–Kier alpha value is -1.40. The van der Waals surface area contributed by atoms with Crippen molar-refractivity contribution in [1.29, 1.82) is 0 Å². The first-order valence-corrected chi connectivity index (χ1v) is 9.17. The molecule has 0 saturated carbocycles. The first kappa shape index (κ1) is 17.4. The van der Waals surface area contributed by atoms with E-state index in [4.69, 9.17) is 4.74 Å². The summed E-state index contributed by atoms with van der Waals surface area (Å²) in [6, 6.07) is 0. The minimum atomic E-state index is -0.446. The summed E-state index contributed by atoms with van der Waals surface area (Å²) in [5.74, 6) is 1.90. The molecular weight excluding hydrogens is 304 g/mol. The van der Waals surface area contributed by atoms with E-state index in [1.807, 2.05) is 17.3 Å². The van der Waals surface area contributed by atoms with Crippen LogP contribution in [0.1, 0.15) is 45.4 Å². The molecule has 3 heterocycles. The second kappa shape index (κ2) is 7.23. The van der Waals surface area contributed by atoms with E-state index in [9.17, 15) is 4.79 Å². The minimum Gasteiger partial charge on any atom is -0.379 e. The summed E-state index contributed by atoms with van der Waals surface area (Å²) in [5, 5.41) is 0. The van der Waals surface area contributed by atoms with E-state index in [0.717, 1.165) is 58.8 Å². The molecule has 1 aromatic rings. The van der Waals surface area contributed by atoms with Crippen LogP contribution < -0.4 is 0 Å². The number of carbonyl (C=O) groups excluding carboxylic acids is 1. The van der Waals surface area contributed by atoms with Crippen molar-refractivity contribution in [1.82, 2.24) is 19.4 Å². The van der Waals surface area contributed by atoms with Crippen molar-refractivity contribution in [3.05, 3.63) is 18.2 Å². The van der Waals surface area contributed by atoms with Crippen LogP contribution in [0.5, 0.6) is 0 Å². The van der Waals surface area contributed by atoms with Gasteiger partial charge >= 0.3 is 0 Å². The van der Waals surface area contributed by atoms with Gasteiger partial charge in [0.15, 0.2) is 0 Å². The highest BCUT2D eigenvalue weighted by Crippen LogP contribution is 2.29. The van der Waals surface area contributed by atoms with E-state index < -0.39 is 5.54 Å². The van der Waals surface area contributed by atoms with Crippen LogP contribution in [0.15, 0.2) is 12.4 Å². The highest BCUT2D eigenvalue weighted by molar-refractivity contribution is 5.85. The fourth-order valence-electron chi connectivity index (χ4n) is 3.93. The summed E-state index contributed by atoms with van der Waals surface area (Å²) in [6.45, 7) is 12.0. The summed E-state index contributed by atoms with van der Waals surface area (Å²) in [7, 11) is 0. The van der Waals surface area contributed by atoms with Gasteiger partial charge in [0.25, 0.3) is 0 Å². The Bertz CT molecular complexity index is 555. The average Bonchev–Trinajstić information content (AvgIpc) is 3.10. The van der Waals surface area contributed by atoms with Crippen LogP contribution in [-0.4, -0.2) is 70.2 Å². The van der Waals surface area contributed by atoms with E-state index in [2.05, 4.69) is 35.2 Å². The maximum Gasteiger partial charge on any atom is 0.242 e. The predicted molar refractivity (Wildman–Crippen MR) is 92.9 cm³/mol. The van der Waals surface area contributed by atoms with Gasteiger partial charge in [-0.15, -0.1) is 0 Å². The fourth-order valence-corrected chi connectivity index (χ4v) is 3.93. The molecule has 2 aliphatic heterocycles. The fraction of sp³-hybridized carbons (Fsp3) is 0.778. The van der Waals surface area contributed by atoms with Gasteiger partial charge in [-0.3, -0.25) is 9.69 Å². The molecule has 0 atom stereocenters. The molecule has 3 rings (SSSR count). The monoisotopic (exact) mass is 334 g/mol. The van der Waals surface area contributed by atoms with Gasteiger partial charge in [0.1, 0.15) is 5.82 Å². The molecule has 0 unspecified atom stereocenters. The number of hydrogen-bond acceptors (Lipinski definition) is 4. The molecule has 1 aromatic heterocycles. The summed E-state index contributed by atoms with van der Waals surface area (Å²) in [4.78, 5) is 21.9. The number of piperidine rings is 1. The normalized spacial score (nSPS) is 21.2. The molecule has 24 heavy (non-hydrogen) atoms. The third-order valence-electron chi connectivity index (χ3n) is 5.56. The number of carbonyl (C=O) groups is 1. The van der Waals surface area contributed by atoms with Crippen molar-refractivity contribution >= 4 is 5.91 Å². The third-order valence-corrected chi connectivity index (χ3v) is 5.56. The number of ether oxygens (including phenoxy) is 1. The van der Waals surface area contributed by atoms with Crippen LogP contribution in [-0.2, 0) is 16.1 Å². The van der Waals surface area contributed by atoms with E-state index in [-0.39, 0.29) is 5.91 Å². The van der Waals surface area contributed by atoms with E-state index in [1.165, 1.54) is 5.82 Å². The van der Waals surface area contributed by atoms with Gasteiger partial charge in [-0.1, -0.05) is 0 Å². The lowest BCUT2D eigenvalue weighted by Gasteiger charge is -2.43. The van der Waals surface area contributed by atoms with Crippen molar-refractivity contribution in [2.24, 2.45) is 0 Å². The average molecular weight is 334 g/mol. The number of imidazole rings is 1. The number of hydrogen-bond donors (Lipinski definition) is 0. The molecule has 2 saturated heterocycles. The van der Waals surface area contributed by atoms with Crippen molar-refractivity contribution < 1.29 is 9.53 Å². The van der Waals surface area contributed by atoms with Gasteiger partial charge in [0.05, 0.1) is 18.8 Å². The van der Waals surface area contributed by atoms with E-state index in [1.54, 1.807) is 0 Å². The molecular formula is C18H30N4O2. The highest BCUT2D eigenvalue weighted by Gasteiger charge is 2.39. The van der Waals surface area contributed by atoms with Gasteiger partial charge in [-0.05, 0) is 33.6 Å². The van der Waals surface area contributed by atoms with Gasteiger partial charge in [-0.25, -0.2) is 4.98 Å². The highest BCUT2D eigenvalue weighted by atomic mass is 16.5. The second-order valence-electron chi connectivity index (χ2n) is 7.30. The molecule has 6 nitrogen and oxygen atoms in total. The van der Waals surface area contributed by atoms with Crippen LogP contribution in [0.4, 0.5) is 0 Å². The van der Waals surface area contributed by atoms with Crippen LogP contribution in [0, 0.1) is 0 Å². The lowest BCUT2D eigenvalue weighted by Crippen LogP contribution is -2.59. The van der Waals surface area contributed by atoms with E-state index >= 15 is 0 Å².